The van der Waals surface area contributed by atoms with E-state index >= 15 is 0 Å². The molecule has 2 aromatic rings. The highest BCUT2D eigenvalue weighted by atomic mass is 32.2. The molecule has 0 saturated carbocycles. The Kier molecular flexibility index (Phi) is 5.41. The van der Waals surface area contributed by atoms with Crippen molar-refractivity contribution in [2.75, 3.05) is 16.8 Å². The van der Waals surface area contributed by atoms with Gasteiger partial charge < -0.3 is 9.73 Å². The highest BCUT2D eigenvalue weighted by Gasteiger charge is 2.39. The van der Waals surface area contributed by atoms with Crippen LogP contribution in [0.15, 0.2) is 52.0 Å². The number of hydrogen-bond donors (Lipinski definition) is 1. The number of furan rings is 1. The van der Waals surface area contributed by atoms with Crippen LogP contribution >= 0.6 is 0 Å². The molecule has 10 heteroatoms. The molecular formula is C17H20N2O6S2. The summed E-state index contributed by atoms with van der Waals surface area (Å²) in [7, 11) is -7.23. The lowest BCUT2D eigenvalue weighted by atomic mass is 10.2. The molecule has 1 N–H and O–H groups in total. The van der Waals surface area contributed by atoms with Crippen molar-refractivity contribution in [2.45, 2.75) is 30.8 Å². The van der Waals surface area contributed by atoms with Crippen molar-refractivity contribution in [1.29, 1.82) is 0 Å². The normalized spacial score (nSPS) is 19.3. The van der Waals surface area contributed by atoms with Crippen molar-refractivity contribution in [3.8, 4) is 0 Å². The maximum Gasteiger partial charge on any atom is 0.243 e. The smallest absolute Gasteiger partial charge is 0.243 e. The molecule has 27 heavy (non-hydrogen) atoms. The number of sulfonamides is 1. The molecule has 0 bridgehead atoms. The standard InChI is InChI=1S/C17H20N2O6S2/c1-13(20)18-14-4-6-17(7-5-14)27(23,24)19(11-16-3-2-9-25-16)15-8-10-26(21,22)12-15/h2-7,9,15H,8,10-12H2,1H3,(H,18,20)/t15-/m0/s1. The molecule has 2 heterocycles. The van der Waals surface area contributed by atoms with E-state index in [0.29, 0.717) is 11.4 Å². The lowest BCUT2D eigenvalue weighted by Crippen LogP contribution is -2.40. The molecule has 1 atom stereocenters. The monoisotopic (exact) mass is 412 g/mol. The number of carbonyl (C=O) groups is 1. The summed E-state index contributed by atoms with van der Waals surface area (Å²) in [5.74, 6) is -0.0841. The molecule has 1 aromatic heterocycles. The summed E-state index contributed by atoms with van der Waals surface area (Å²) >= 11 is 0. The Morgan fingerprint density at radius 1 is 1.26 bits per heavy atom. The van der Waals surface area contributed by atoms with Gasteiger partial charge in [0.2, 0.25) is 15.9 Å². The first-order valence-electron chi connectivity index (χ1n) is 8.30. The SMILES string of the molecule is CC(=O)Nc1ccc(S(=O)(=O)N(Cc2ccco2)[C@H]2CCS(=O)(=O)C2)cc1. The van der Waals surface area contributed by atoms with Crippen LogP contribution in [-0.4, -0.2) is 44.6 Å². The van der Waals surface area contributed by atoms with Crippen LogP contribution in [0.4, 0.5) is 5.69 Å². The maximum atomic E-state index is 13.2. The van der Waals surface area contributed by atoms with Gasteiger partial charge in [0.1, 0.15) is 5.76 Å². The van der Waals surface area contributed by atoms with Gasteiger partial charge in [0.25, 0.3) is 0 Å². The van der Waals surface area contributed by atoms with Crippen LogP contribution in [0.2, 0.25) is 0 Å². The quantitative estimate of drug-likeness (QED) is 0.771. The first-order chi connectivity index (χ1) is 12.7. The van der Waals surface area contributed by atoms with E-state index < -0.39 is 25.9 Å². The summed E-state index contributed by atoms with van der Waals surface area (Å²) in [6, 6.07) is 8.40. The number of nitrogens with one attached hydrogen (secondary N) is 1. The van der Waals surface area contributed by atoms with E-state index in [4.69, 9.17) is 4.42 Å². The summed E-state index contributed by atoms with van der Waals surface area (Å²) < 4.78 is 56.6. The number of sulfone groups is 1. The Bertz CT molecular complexity index is 1010. The van der Waals surface area contributed by atoms with Crippen LogP contribution in [0.25, 0.3) is 0 Å². The van der Waals surface area contributed by atoms with E-state index in [1.54, 1.807) is 12.1 Å². The molecule has 1 aliphatic rings. The van der Waals surface area contributed by atoms with Crippen LogP contribution in [0.1, 0.15) is 19.1 Å². The lowest BCUT2D eigenvalue weighted by molar-refractivity contribution is -0.114. The molecule has 8 nitrogen and oxygen atoms in total. The zero-order chi connectivity index (χ0) is 19.7. The number of nitrogens with zero attached hydrogens (tertiary/aromatic N) is 1. The second-order valence-electron chi connectivity index (χ2n) is 6.39. The van der Waals surface area contributed by atoms with Gasteiger partial charge in [-0.3, -0.25) is 4.79 Å². The molecule has 0 aliphatic carbocycles. The number of benzene rings is 1. The molecule has 1 aliphatic heterocycles. The molecule has 1 aromatic carbocycles. The molecule has 0 unspecified atom stereocenters. The zero-order valence-corrected chi connectivity index (χ0v) is 16.3. The molecule has 0 radical (unpaired) electrons. The molecule has 1 amide bonds. The fourth-order valence-electron chi connectivity index (χ4n) is 3.02. The Labute approximate surface area is 158 Å². The molecule has 1 fully saturated rings. The van der Waals surface area contributed by atoms with Crippen LogP contribution < -0.4 is 5.32 Å². The van der Waals surface area contributed by atoms with Gasteiger partial charge in [-0.25, -0.2) is 16.8 Å². The van der Waals surface area contributed by atoms with Crippen LogP contribution in [0.3, 0.4) is 0 Å². The first kappa shape index (κ1) is 19.6. The summed E-state index contributed by atoms with van der Waals surface area (Å²) in [4.78, 5) is 11.1. The molecule has 0 spiro atoms. The minimum atomic E-state index is -3.96. The second-order valence-corrected chi connectivity index (χ2v) is 10.5. The van der Waals surface area contributed by atoms with Crippen LogP contribution in [0.5, 0.6) is 0 Å². The van der Waals surface area contributed by atoms with Gasteiger partial charge in [-0.05, 0) is 42.8 Å². The topological polar surface area (TPSA) is 114 Å². The second kappa shape index (κ2) is 7.45. The summed E-state index contributed by atoms with van der Waals surface area (Å²) in [5.41, 5.74) is 0.475. The van der Waals surface area contributed by atoms with E-state index in [9.17, 15) is 21.6 Å². The third kappa shape index (κ3) is 4.57. The molecular weight excluding hydrogens is 392 g/mol. The van der Waals surface area contributed by atoms with Crippen molar-refractivity contribution in [3.05, 3.63) is 48.4 Å². The highest BCUT2D eigenvalue weighted by molar-refractivity contribution is 7.92. The van der Waals surface area contributed by atoms with Crippen molar-refractivity contribution in [2.24, 2.45) is 0 Å². The Hall–Kier alpha value is -2.17. The first-order valence-corrected chi connectivity index (χ1v) is 11.6. The van der Waals surface area contributed by atoms with Gasteiger partial charge in [-0.15, -0.1) is 0 Å². The van der Waals surface area contributed by atoms with Gasteiger partial charge in [0, 0.05) is 18.7 Å². The number of amides is 1. The van der Waals surface area contributed by atoms with E-state index in [-0.39, 0.29) is 35.3 Å². The van der Waals surface area contributed by atoms with E-state index in [2.05, 4.69) is 5.32 Å². The third-order valence-electron chi connectivity index (χ3n) is 4.29. The van der Waals surface area contributed by atoms with Gasteiger partial charge in [0.15, 0.2) is 9.84 Å². The number of hydrogen-bond acceptors (Lipinski definition) is 6. The van der Waals surface area contributed by atoms with Crippen LogP contribution in [0, 0.1) is 0 Å². The number of rotatable bonds is 6. The van der Waals surface area contributed by atoms with Gasteiger partial charge in [-0.1, -0.05) is 0 Å². The lowest BCUT2D eigenvalue weighted by Gasteiger charge is -2.26. The van der Waals surface area contributed by atoms with Gasteiger partial charge in [0.05, 0.1) is 29.2 Å². The molecule has 1 saturated heterocycles. The minimum Gasteiger partial charge on any atom is -0.468 e. The van der Waals surface area contributed by atoms with Gasteiger partial charge in [-0.2, -0.15) is 4.31 Å². The fraction of sp³-hybridized carbons (Fsp3) is 0.353. The highest BCUT2D eigenvalue weighted by Crippen LogP contribution is 2.28. The Morgan fingerprint density at radius 3 is 2.48 bits per heavy atom. The predicted octanol–water partition coefficient (Wildman–Crippen LogP) is 1.62. The third-order valence-corrected chi connectivity index (χ3v) is 7.95. The average Bonchev–Trinajstić information content (AvgIpc) is 3.21. The Balaban J connectivity index is 1.93. The largest absolute Gasteiger partial charge is 0.468 e. The average molecular weight is 412 g/mol. The molecule has 3 rings (SSSR count). The zero-order valence-electron chi connectivity index (χ0n) is 14.7. The fourth-order valence-corrected chi connectivity index (χ4v) is 6.46. The minimum absolute atomic E-state index is 0.0208. The summed E-state index contributed by atoms with van der Waals surface area (Å²) in [6.07, 6.45) is 1.68. The maximum absolute atomic E-state index is 13.2. The number of carbonyl (C=O) groups excluding carboxylic acids is 1. The number of anilines is 1. The van der Waals surface area contributed by atoms with E-state index in [0.717, 1.165) is 0 Å². The Morgan fingerprint density at radius 2 is 1.96 bits per heavy atom. The van der Waals surface area contributed by atoms with E-state index in [1.165, 1.54) is 41.8 Å². The van der Waals surface area contributed by atoms with Gasteiger partial charge >= 0.3 is 0 Å². The van der Waals surface area contributed by atoms with Crippen LogP contribution in [-0.2, 0) is 31.2 Å². The molecule has 146 valence electrons. The van der Waals surface area contributed by atoms with E-state index in [1.807, 2.05) is 0 Å². The predicted molar refractivity (Wildman–Crippen MR) is 99.2 cm³/mol. The van der Waals surface area contributed by atoms with Crippen molar-refractivity contribution in [3.63, 3.8) is 0 Å². The summed E-state index contributed by atoms with van der Waals surface area (Å²) in [5, 5.41) is 2.57. The summed E-state index contributed by atoms with van der Waals surface area (Å²) in [6.45, 7) is 1.30. The van der Waals surface area contributed by atoms with Crippen molar-refractivity contribution < 1.29 is 26.0 Å². The van der Waals surface area contributed by atoms with Crippen molar-refractivity contribution in [1.82, 2.24) is 4.31 Å². The van der Waals surface area contributed by atoms with Crippen molar-refractivity contribution >= 4 is 31.5 Å².